The lowest BCUT2D eigenvalue weighted by Gasteiger charge is -2.22. The molecule has 0 amide bonds. The van der Waals surface area contributed by atoms with Crippen LogP contribution in [-0.4, -0.2) is 37.8 Å². The molecule has 0 saturated carbocycles. The smallest absolute Gasteiger partial charge is 0.204 e. The van der Waals surface area contributed by atoms with Gasteiger partial charge in [-0.3, -0.25) is 0 Å². The van der Waals surface area contributed by atoms with Crippen LogP contribution in [-0.2, 0) is 0 Å². The molecule has 0 spiro atoms. The molecular formula is C15H20N4O2. The van der Waals surface area contributed by atoms with Gasteiger partial charge in [-0.25, -0.2) is 9.97 Å². The number of benzene rings is 1. The van der Waals surface area contributed by atoms with Crippen molar-refractivity contribution < 1.29 is 9.47 Å². The maximum Gasteiger partial charge on any atom is 0.204 e. The number of hydrogen-bond acceptors (Lipinski definition) is 6. The van der Waals surface area contributed by atoms with E-state index < -0.39 is 0 Å². The Bertz CT molecular complexity index is 604. The maximum atomic E-state index is 5.47. The Hall–Kier alpha value is -2.50. The quantitative estimate of drug-likeness (QED) is 0.882. The van der Waals surface area contributed by atoms with E-state index >= 15 is 0 Å². The highest BCUT2D eigenvalue weighted by Crippen LogP contribution is 2.35. The van der Waals surface area contributed by atoms with Gasteiger partial charge in [0, 0.05) is 25.3 Å². The number of methoxy groups -OCH3 is 2. The molecule has 0 fully saturated rings. The maximum absolute atomic E-state index is 5.47. The SMILES string of the molecule is CCNc1ncnc(N(C)c2cccc(OC)c2)c1OC. The Labute approximate surface area is 124 Å². The molecule has 2 aromatic rings. The fourth-order valence-electron chi connectivity index (χ4n) is 2.03. The Morgan fingerprint density at radius 2 is 2.00 bits per heavy atom. The van der Waals surface area contributed by atoms with Crippen molar-refractivity contribution in [1.82, 2.24) is 9.97 Å². The van der Waals surface area contributed by atoms with Gasteiger partial charge in [0.25, 0.3) is 0 Å². The van der Waals surface area contributed by atoms with Crippen molar-refractivity contribution in [2.75, 3.05) is 38.0 Å². The van der Waals surface area contributed by atoms with Crippen LogP contribution in [0.25, 0.3) is 0 Å². The second-order valence-corrected chi connectivity index (χ2v) is 4.37. The van der Waals surface area contributed by atoms with Crippen LogP contribution in [0.15, 0.2) is 30.6 Å². The molecule has 1 N–H and O–H groups in total. The first-order valence-electron chi connectivity index (χ1n) is 6.71. The average Bonchev–Trinajstić information content (AvgIpc) is 2.54. The summed E-state index contributed by atoms with van der Waals surface area (Å²) in [7, 11) is 5.19. The molecule has 112 valence electrons. The third-order valence-corrected chi connectivity index (χ3v) is 3.09. The van der Waals surface area contributed by atoms with Crippen LogP contribution in [0.4, 0.5) is 17.3 Å². The number of nitrogens with one attached hydrogen (secondary N) is 1. The lowest BCUT2D eigenvalue weighted by atomic mass is 10.2. The molecule has 0 aliphatic heterocycles. The monoisotopic (exact) mass is 288 g/mol. The minimum absolute atomic E-state index is 0.615. The summed E-state index contributed by atoms with van der Waals surface area (Å²) in [5.41, 5.74) is 0.953. The van der Waals surface area contributed by atoms with E-state index in [0.717, 1.165) is 18.0 Å². The van der Waals surface area contributed by atoms with Crippen molar-refractivity contribution in [3.8, 4) is 11.5 Å². The zero-order valence-electron chi connectivity index (χ0n) is 12.8. The van der Waals surface area contributed by atoms with Crippen LogP contribution in [0.1, 0.15) is 6.92 Å². The van der Waals surface area contributed by atoms with Crippen molar-refractivity contribution in [3.63, 3.8) is 0 Å². The normalized spacial score (nSPS) is 10.1. The molecule has 0 atom stereocenters. The van der Waals surface area contributed by atoms with Crippen LogP contribution in [0.3, 0.4) is 0 Å². The third kappa shape index (κ3) is 3.16. The van der Waals surface area contributed by atoms with Gasteiger partial charge in [0.1, 0.15) is 12.1 Å². The van der Waals surface area contributed by atoms with Crippen LogP contribution >= 0.6 is 0 Å². The largest absolute Gasteiger partial charge is 0.497 e. The number of anilines is 3. The van der Waals surface area contributed by atoms with Crippen LogP contribution < -0.4 is 19.7 Å². The van der Waals surface area contributed by atoms with Gasteiger partial charge in [0.2, 0.25) is 5.75 Å². The van der Waals surface area contributed by atoms with Gasteiger partial charge < -0.3 is 19.7 Å². The summed E-state index contributed by atoms with van der Waals surface area (Å²) in [5.74, 6) is 2.78. The number of hydrogen-bond donors (Lipinski definition) is 1. The minimum Gasteiger partial charge on any atom is -0.497 e. The summed E-state index contributed by atoms with van der Waals surface area (Å²) in [5, 5.41) is 3.17. The van der Waals surface area contributed by atoms with E-state index in [2.05, 4.69) is 15.3 Å². The van der Waals surface area contributed by atoms with Gasteiger partial charge in [0.05, 0.1) is 14.2 Å². The highest BCUT2D eigenvalue weighted by molar-refractivity contribution is 5.71. The third-order valence-electron chi connectivity index (χ3n) is 3.09. The summed E-state index contributed by atoms with van der Waals surface area (Å²) >= 11 is 0. The van der Waals surface area contributed by atoms with Crippen molar-refractivity contribution in [2.24, 2.45) is 0 Å². The molecule has 1 aromatic heterocycles. The Balaban J connectivity index is 2.42. The van der Waals surface area contributed by atoms with Gasteiger partial charge in [-0.2, -0.15) is 0 Å². The second kappa shape index (κ2) is 6.78. The number of nitrogens with zero attached hydrogens (tertiary/aromatic N) is 3. The molecule has 6 heteroatoms. The highest BCUT2D eigenvalue weighted by atomic mass is 16.5. The predicted octanol–water partition coefficient (Wildman–Crippen LogP) is 2.69. The zero-order valence-corrected chi connectivity index (χ0v) is 12.8. The van der Waals surface area contributed by atoms with Gasteiger partial charge in [0.15, 0.2) is 11.6 Å². The van der Waals surface area contributed by atoms with Crippen LogP contribution in [0.2, 0.25) is 0 Å². The fraction of sp³-hybridized carbons (Fsp3) is 0.333. The Morgan fingerprint density at radius 3 is 2.67 bits per heavy atom. The van der Waals surface area contributed by atoms with Crippen LogP contribution in [0, 0.1) is 0 Å². The molecule has 0 aliphatic carbocycles. The van der Waals surface area contributed by atoms with Gasteiger partial charge in [-0.15, -0.1) is 0 Å². The molecule has 21 heavy (non-hydrogen) atoms. The molecule has 0 saturated heterocycles. The fourth-order valence-corrected chi connectivity index (χ4v) is 2.03. The molecule has 6 nitrogen and oxygen atoms in total. The topological polar surface area (TPSA) is 59.5 Å². The molecule has 0 unspecified atom stereocenters. The molecule has 1 aromatic carbocycles. The Morgan fingerprint density at radius 1 is 1.19 bits per heavy atom. The molecule has 1 heterocycles. The Kier molecular flexibility index (Phi) is 4.81. The van der Waals surface area contributed by atoms with Crippen molar-refractivity contribution in [3.05, 3.63) is 30.6 Å². The van der Waals surface area contributed by atoms with Crippen LogP contribution in [0.5, 0.6) is 11.5 Å². The summed E-state index contributed by atoms with van der Waals surface area (Å²) in [6, 6.07) is 7.76. The van der Waals surface area contributed by atoms with Gasteiger partial charge in [-0.05, 0) is 19.1 Å². The minimum atomic E-state index is 0.615. The van der Waals surface area contributed by atoms with E-state index in [1.807, 2.05) is 43.1 Å². The van der Waals surface area contributed by atoms with Gasteiger partial charge in [-0.1, -0.05) is 6.07 Å². The van der Waals surface area contributed by atoms with Crippen molar-refractivity contribution in [2.45, 2.75) is 6.92 Å². The first kappa shape index (κ1) is 14.9. The van der Waals surface area contributed by atoms with E-state index in [1.54, 1.807) is 14.2 Å². The van der Waals surface area contributed by atoms with E-state index in [-0.39, 0.29) is 0 Å². The average molecular weight is 288 g/mol. The molecule has 0 aliphatic rings. The molecule has 0 radical (unpaired) electrons. The van der Waals surface area contributed by atoms with E-state index in [4.69, 9.17) is 9.47 Å². The first-order chi connectivity index (χ1) is 10.2. The van der Waals surface area contributed by atoms with E-state index in [1.165, 1.54) is 6.33 Å². The van der Waals surface area contributed by atoms with E-state index in [9.17, 15) is 0 Å². The molecule has 0 bridgehead atoms. The number of ether oxygens (including phenoxy) is 2. The lowest BCUT2D eigenvalue weighted by Crippen LogP contribution is -2.14. The predicted molar refractivity (Wildman–Crippen MR) is 83.8 cm³/mol. The first-order valence-corrected chi connectivity index (χ1v) is 6.71. The van der Waals surface area contributed by atoms with Crippen molar-refractivity contribution in [1.29, 1.82) is 0 Å². The molecule has 2 rings (SSSR count). The molecular weight excluding hydrogens is 268 g/mol. The van der Waals surface area contributed by atoms with Gasteiger partial charge >= 0.3 is 0 Å². The summed E-state index contributed by atoms with van der Waals surface area (Å²) in [6.45, 7) is 2.77. The summed E-state index contributed by atoms with van der Waals surface area (Å²) in [4.78, 5) is 10.5. The second-order valence-electron chi connectivity index (χ2n) is 4.37. The highest BCUT2D eigenvalue weighted by Gasteiger charge is 2.16. The summed E-state index contributed by atoms with van der Waals surface area (Å²) in [6.07, 6.45) is 1.52. The number of rotatable bonds is 6. The summed E-state index contributed by atoms with van der Waals surface area (Å²) < 4.78 is 10.7. The zero-order chi connectivity index (χ0) is 15.2. The van der Waals surface area contributed by atoms with Crippen molar-refractivity contribution >= 4 is 17.3 Å². The lowest BCUT2D eigenvalue weighted by molar-refractivity contribution is 0.413. The van der Waals surface area contributed by atoms with E-state index in [0.29, 0.717) is 17.4 Å². The number of aromatic nitrogens is 2. The standard InChI is InChI=1S/C15H20N4O2/c1-5-16-14-13(21-4)15(18-10-17-14)19(2)11-7-6-8-12(9-11)20-3/h6-10H,5H2,1-4H3,(H,16,17,18).